The van der Waals surface area contributed by atoms with Gasteiger partial charge in [-0.25, -0.2) is 8.78 Å². The van der Waals surface area contributed by atoms with Crippen LogP contribution in [0.15, 0.2) is 4.90 Å². The van der Waals surface area contributed by atoms with E-state index in [-0.39, 0.29) is 17.3 Å². The average molecular weight is 324 g/mol. The van der Waals surface area contributed by atoms with E-state index < -0.39 is 22.8 Å². The number of unbranched alkanes of at least 4 members (excludes halogenated alkanes) is 2. The topological polar surface area (TPSA) is 56.8 Å². The monoisotopic (exact) mass is 324 g/mol. The zero-order chi connectivity index (χ0) is 16.5. The number of nitriles is 2. The second kappa shape index (κ2) is 9.27. The first-order valence-electron chi connectivity index (χ1n) is 7.22. The summed E-state index contributed by atoms with van der Waals surface area (Å²) in [7, 11) is 0. The molecule has 0 bridgehead atoms. The summed E-state index contributed by atoms with van der Waals surface area (Å²) in [6.45, 7) is 4.19. The molecule has 0 atom stereocenters. The van der Waals surface area contributed by atoms with Crippen molar-refractivity contribution in [1.29, 1.82) is 10.5 Å². The number of ether oxygens (including phenoxy) is 1. The maximum absolute atomic E-state index is 14.5. The molecule has 1 aromatic rings. The van der Waals surface area contributed by atoms with Gasteiger partial charge in [0.1, 0.15) is 23.3 Å². The number of hydrogen-bond donors (Lipinski definition) is 0. The molecule has 0 aliphatic heterocycles. The first kappa shape index (κ1) is 18.3. The Balaban J connectivity index is 3.32. The molecule has 0 aromatic heterocycles. The number of thioether (sulfide) groups is 1. The van der Waals surface area contributed by atoms with Gasteiger partial charge in [-0.2, -0.15) is 10.5 Å². The van der Waals surface area contributed by atoms with Gasteiger partial charge in [-0.05, 0) is 18.6 Å². The van der Waals surface area contributed by atoms with Crippen LogP contribution in [-0.4, -0.2) is 12.4 Å². The first-order chi connectivity index (χ1) is 10.6. The Morgan fingerprint density at radius 2 is 1.59 bits per heavy atom. The zero-order valence-electron chi connectivity index (χ0n) is 12.7. The lowest BCUT2D eigenvalue weighted by Crippen LogP contribution is -2.06. The Labute approximate surface area is 133 Å². The van der Waals surface area contributed by atoms with E-state index in [1.807, 2.05) is 13.8 Å². The summed E-state index contributed by atoms with van der Waals surface area (Å²) in [5.74, 6) is -1.47. The van der Waals surface area contributed by atoms with Gasteiger partial charge in [0.25, 0.3) is 0 Å². The molecule has 0 fully saturated rings. The van der Waals surface area contributed by atoms with Gasteiger partial charge >= 0.3 is 0 Å². The van der Waals surface area contributed by atoms with Crippen molar-refractivity contribution in [3.63, 3.8) is 0 Å². The number of nitrogens with zero attached hydrogens (tertiary/aromatic N) is 2. The number of rotatable bonds is 8. The van der Waals surface area contributed by atoms with E-state index in [2.05, 4.69) is 0 Å². The third kappa shape index (κ3) is 4.11. The van der Waals surface area contributed by atoms with Crippen molar-refractivity contribution in [3.05, 3.63) is 22.8 Å². The Morgan fingerprint density at radius 1 is 1.00 bits per heavy atom. The lowest BCUT2D eigenvalue weighted by Gasteiger charge is -2.15. The van der Waals surface area contributed by atoms with Crippen LogP contribution in [0.2, 0.25) is 0 Å². The van der Waals surface area contributed by atoms with Crippen LogP contribution in [0, 0.1) is 34.3 Å². The number of hydrogen-bond acceptors (Lipinski definition) is 4. The van der Waals surface area contributed by atoms with Gasteiger partial charge in [0, 0.05) is 0 Å². The molecule has 1 rings (SSSR count). The third-order valence-electron chi connectivity index (χ3n) is 3.01. The molecular formula is C16H18F2N2OS. The lowest BCUT2D eigenvalue weighted by molar-refractivity contribution is 0.283. The molecule has 0 N–H and O–H groups in total. The zero-order valence-corrected chi connectivity index (χ0v) is 13.5. The molecule has 0 aliphatic rings. The fraction of sp³-hybridized carbons (Fsp3) is 0.500. The van der Waals surface area contributed by atoms with Crippen molar-refractivity contribution in [3.8, 4) is 17.9 Å². The highest BCUT2D eigenvalue weighted by Gasteiger charge is 2.26. The largest absolute Gasteiger partial charge is 0.489 e. The molecule has 0 radical (unpaired) electrons. The maximum atomic E-state index is 14.5. The summed E-state index contributed by atoms with van der Waals surface area (Å²) in [6, 6.07) is 3.13. The van der Waals surface area contributed by atoms with E-state index in [1.54, 1.807) is 12.1 Å². The summed E-state index contributed by atoms with van der Waals surface area (Å²) in [4.78, 5) is -0.0161. The van der Waals surface area contributed by atoms with Crippen molar-refractivity contribution in [2.45, 2.75) is 44.4 Å². The summed E-state index contributed by atoms with van der Waals surface area (Å²) < 4.78 is 34.2. The van der Waals surface area contributed by atoms with Crippen LogP contribution in [0.5, 0.6) is 5.75 Å². The van der Waals surface area contributed by atoms with Gasteiger partial charge < -0.3 is 4.74 Å². The Kier molecular flexibility index (Phi) is 7.70. The molecule has 0 amide bonds. The van der Waals surface area contributed by atoms with Crippen LogP contribution in [0.4, 0.5) is 8.78 Å². The van der Waals surface area contributed by atoms with E-state index in [0.29, 0.717) is 12.2 Å². The highest BCUT2D eigenvalue weighted by atomic mass is 32.2. The Morgan fingerprint density at radius 3 is 2.14 bits per heavy atom. The van der Waals surface area contributed by atoms with Gasteiger partial charge in [0.2, 0.25) is 0 Å². The van der Waals surface area contributed by atoms with Crippen LogP contribution >= 0.6 is 11.8 Å². The van der Waals surface area contributed by atoms with Crippen LogP contribution in [0.1, 0.15) is 50.7 Å². The minimum absolute atomic E-state index is 0.0161. The molecule has 0 aliphatic carbocycles. The molecule has 0 saturated heterocycles. The molecule has 0 spiro atoms. The quantitative estimate of drug-likeness (QED) is 0.510. The van der Waals surface area contributed by atoms with Crippen LogP contribution in [0.25, 0.3) is 0 Å². The van der Waals surface area contributed by atoms with Crippen molar-refractivity contribution < 1.29 is 13.5 Å². The predicted octanol–water partition coefficient (Wildman–Crippen LogP) is 4.78. The van der Waals surface area contributed by atoms with Crippen LogP contribution < -0.4 is 4.74 Å². The molecule has 1 aromatic carbocycles. The number of benzene rings is 1. The van der Waals surface area contributed by atoms with Crippen LogP contribution in [-0.2, 0) is 0 Å². The highest BCUT2D eigenvalue weighted by Crippen LogP contribution is 2.39. The summed E-state index contributed by atoms with van der Waals surface area (Å²) >= 11 is 1.12. The molecular weight excluding hydrogens is 306 g/mol. The average Bonchev–Trinajstić information content (AvgIpc) is 2.52. The predicted molar refractivity (Wildman–Crippen MR) is 81.8 cm³/mol. The molecule has 0 heterocycles. The van der Waals surface area contributed by atoms with Crippen molar-refractivity contribution in [2.75, 3.05) is 12.4 Å². The molecule has 0 unspecified atom stereocenters. The van der Waals surface area contributed by atoms with E-state index >= 15 is 0 Å². The van der Waals surface area contributed by atoms with Gasteiger partial charge in [-0.1, -0.05) is 26.7 Å². The summed E-state index contributed by atoms with van der Waals surface area (Å²) in [5.41, 5.74) is -1.15. The van der Waals surface area contributed by atoms with Gasteiger partial charge in [0.05, 0.1) is 11.5 Å². The Bertz CT molecular complexity index is 553. The van der Waals surface area contributed by atoms with E-state index in [9.17, 15) is 8.78 Å². The fourth-order valence-corrected chi connectivity index (χ4v) is 2.90. The summed E-state index contributed by atoms with van der Waals surface area (Å²) in [6.07, 6.45) is 3.30. The van der Waals surface area contributed by atoms with E-state index in [1.165, 1.54) is 0 Å². The molecule has 6 heteroatoms. The molecule has 118 valence electrons. The smallest absolute Gasteiger partial charge is 0.185 e. The van der Waals surface area contributed by atoms with E-state index in [4.69, 9.17) is 15.3 Å². The van der Waals surface area contributed by atoms with Gasteiger partial charge in [0.15, 0.2) is 17.4 Å². The molecule has 0 saturated carbocycles. The SMILES string of the molecule is CCCCOc1c(F)c(C#N)c(C#N)c(F)c1SCCCC. The van der Waals surface area contributed by atoms with Crippen molar-refractivity contribution in [1.82, 2.24) is 0 Å². The highest BCUT2D eigenvalue weighted by molar-refractivity contribution is 7.99. The first-order valence-corrected chi connectivity index (χ1v) is 8.21. The third-order valence-corrected chi connectivity index (χ3v) is 4.15. The molecule has 22 heavy (non-hydrogen) atoms. The normalized spacial score (nSPS) is 10.1. The van der Waals surface area contributed by atoms with Crippen molar-refractivity contribution >= 4 is 11.8 Å². The van der Waals surface area contributed by atoms with Gasteiger partial charge in [-0.15, -0.1) is 11.8 Å². The minimum atomic E-state index is -0.949. The second-order valence-corrected chi connectivity index (χ2v) is 5.77. The fourth-order valence-electron chi connectivity index (χ4n) is 1.75. The van der Waals surface area contributed by atoms with Crippen molar-refractivity contribution in [2.24, 2.45) is 0 Å². The Hall–Kier alpha value is -1.79. The second-order valence-electron chi connectivity index (χ2n) is 4.66. The molecule has 3 nitrogen and oxygen atoms in total. The van der Waals surface area contributed by atoms with E-state index in [0.717, 1.165) is 31.0 Å². The number of halogens is 2. The van der Waals surface area contributed by atoms with Crippen LogP contribution in [0.3, 0.4) is 0 Å². The minimum Gasteiger partial charge on any atom is -0.489 e. The maximum Gasteiger partial charge on any atom is 0.185 e. The van der Waals surface area contributed by atoms with Gasteiger partial charge in [-0.3, -0.25) is 0 Å². The standard InChI is InChI=1S/C16H18F2N2OS/c1-3-5-7-21-15-13(17)11(9-19)12(10-20)14(18)16(15)22-8-6-4-2/h3-8H2,1-2H3. The lowest BCUT2D eigenvalue weighted by atomic mass is 10.1. The summed E-state index contributed by atoms with van der Waals surface area (Å²) in [5, 5.41) is 18.0.